The molecule has 0 radical (unpaired) electrons. The minimum atomic E-state index is 0.176. The van der Waals surface area contributed by atoms with Crippen LogP contribution < -0.4 is 10.1 Å². The summed E-state index contributed by atoms with van der Waals surface area (Å²) in [6, 6.07) is 6.53. The van der Waals surface area contributed by atoms with Crippen molar-refractivity contribution in [3.63, 3.8) is 0 Å². The van der Waals surface area contributed by atoms with E-state index in [1.165, 1.54) is 34.0 Å². The Morgan fingerprint density at radius 3 is 2.85 bits per heavy atom. The third-order valence-electron chi connectivity index (χ3n) is 3.90. The average molecular weight is 288 g/mol. The van der Waals surface area contributed by atoms with Gasteiger partial charge in [-0.15, -0.1) is 11.3 Å². The molecule has 2 aromatic rings. The second kappa shape index (κ2) is 5.54. The molecule has 0 saturated carbocycles. The van der Waals surface area contributed by atoms with E-state index >= 15 is 0 Å². The van der Waals surface area contributed by atoms with E-state index in [0.717, 1.165) is 17.7 Å². The molecule has 1 unspecified atom stereocenters. The monoisotopic (exact) mass is 288 g/mol. The summed E-state index contributed by atoms with van der Waals surface area (Å²) in [5, 5.41) is 4.58. The number of fused-ring (bicyclic) bond motifs is 1. The van der Waals surface area contributed by atoms with Crippen LogP contribution in [0.2, 0.25) is 0 Å². The average Bonchev–Trinajstić information content (AvgIpc) is 3.01. The van der Waals surface area contributed by atoms with E-state index in [2.05, 4.69) is 24.4 Å². The number of thiazole rings is 1. The Morgan fingerprint density at radius 1 is 1.35 bits per heavy atom. The first kappa shape index (κ1) is 13.6. The summed E-state index contributed by atoms with van der Waals surface area (Å²) in [6.45, 7) is 2.08. The highest BCUT2D eigenvalue weighted by Gasteiger charge is 2.22. The van der Waals surface area contributed by atoms with Gasteiger partial charge < -0.3 is 10.1 Å². The number of hydrogen-bond acceptors (Lipinski definition) is 4. The standard InChI is InChI=1S/C16H20N2OS/c1-10-9-11(7-8-13(10)19-3)15(17-2)16-18-12-5-4-6-14(12)20-16/h7-9,15,17H,4-6H2,1-3H3. The largest absolute Gasteiger partial charge is 0.496 e. The maximum absolute atomic E-state index is 5.34. The van der Waals surface area contributed by atoms with Gasteiger partial charge >= 0.3 is 0 Å². The quantitative estimate of drug-likeness (QED) is 0.937. The van der Waals surface area contributed by atoms with Crippen LogP contribution in [0.25, 0.3) is 0 Å². The van der Waals surface area contributed by atoms with Gasteiger partial charge in [-0.1, -0.05) is 12.1 Å². The molecule has 1 aliphatic carbocycles. The molecule has 1 N–H and O–H groups in total. The molecule has 3 rings (SSSR count). The lowest BCUT2D eigenvalue weighted by atomic mass is 10.0. The van der Waals surface area contributed by atoms with Crippen LogP contribution in [0, 0.1) is 6.92 Å². The van der Waals surface area contributed by atoms with Gasteiger partial charge in [-0.05, 0) is 50.4 Å². The van der Waals surface area contributed by atoms with Gasteiger partial charge in [0.2, 0.25) is 0 Å². The molecule has 1 aliphatic rings. The fourth-order valence-electron chi connectivity index (χ4n) is 2.85. The Bertz CT molecular complexity index is 599. The van der Waals surface area contributed by atoms with Crippen molar-refractivity contribution in [2.45, 2.75) is 32.2 Å². The summed E-state index contributed by atoms with van der Waals surface area (Å²) in [4.78, 5) is 6.31. The molecule has 1 aromatic heterocycles. The van der Waals surface area contributed by atoms with Crippen LogP contribution in [0.1, 0.15) is 39.2 Å². The zero-order chi connectivity index (χ0) is 14.1. The maximum Gasteiger partial charge on any atom is 0.121 e. The molecule has 1 aromatic carbocycles. The molecule has 0 aliphatic heterocycles. The number of aromatic nitrogens is 1. The number of methoxy groups -OCH3 is 1. The van der Waals surface area contributed by atoms with Crippen molar-refractivity contribution >= 4 is 11.3 Å². The molecular weight excluding hydrogens is 268 g/mol. The van der Waals surface area contributed by atoms with Crippen molar-refractivity contribution in [3.8, 4) is 5.75 Å². The van der Waals surface area contributed by atoms with E-state index in [1.54, 1.807) is 7.11 Å². The third-order valence-corrected chi connectivity index (χ3v) is 5.12. The first-order chi connectivity index (χ1) is 9.72. The molecule has 0 fully saturated rings. The number of nitrogens with one attached hydrogen (secondary N) is 1. The fourth-order valence-corrected chi connectivity index (χ4v) is 4.14. The number of ether oxygens (including phenoxy) is 1. The lowest BCUT2D eigenvalue weighted by Gasteiger charge is -2.16. The molecule has 1 atom stereocenters. The second-order valence-corrected chi connectivity index (χ2v) is 6.34. The highest BCUT2D eigenvalue weighted by atomic mass is 32.1. The molecule has 20 heavy (non-hydrogen) atoms. The van der Waals surface area contributed by atoms with Crippen LogP contribution in [0.5, 0.6) is 5.75 Å². The highest BCUT2D eigenvalue weighted by Crippen LogP contribution is 2.34. The third kappa shape index (κ3) is 2.34. The molecule has 4 heteroatoms. The van der Waals surface area contributed by atoms with Crippen molar-refractivity contribution in [1.82, 2.24) is 10.3 Å². The lowest BCUT2D eigenvalue weighted by Crippen LogP contribution is -2.17. The van der Waals surface area contributed by atoms with Crippen LogP contribution in [0.15, 0.2) is 18.2 Å². The Balaban J connectivity index is 1.94. The van der Waals surface area contributed by atoms with Crippen molar-refractivity contribution < 1.29 is 4.74 Å². The second-order valence-electron chi connectivity index (χ2n) is 5.23. The van der Waals surface area contributed by atoms with Gasteiger partial charge in [0.05, 0.1) is 18.8 Å². The number of rotatable bonds is 4. The predicted octanol–water partition coefficient (Wildman–Crippen LogP) is 3.26. The van der Waals surface area contributed by atoms with E-state index in [4.69, 9.17) is 9.72 Å². The zero-order valence-electron chi connectivity index (χ0n) is 12.2. The summed E-state index contributed by atoms with van der Waals surface area (Å²) in [5.41, 5.74) is 3.73. The van der Waals surface area contributed by atoms with Crippen LogP contribution in [-0.4, -0.2) is 19.1 Å². The summed E-state index contributed by atoms with van der Waals surface area (Å²) in [7, 11) is 3.71. The van der Waals surface area contributed by atoms with Crippen molar-refractivity contribution in [2.75, 3.05) is 14.2 Å². The molecule has 1 heterocycles. The summed E-state index contributed by atoms with van der Waals surface area (Å²) >= 11 is 1.86. The van der Waals surface area contributed by atoms with E-state index < -0.39 is 0 Å². The van der Waals surface area contributed by atoms with Crippen molar-refractivity contribution in [2.24, 2.45) is 0 Å². The minimum Gasteiger partial charge on any atom is -0.496 e. The Morgan fingerprint density at radius 2 is 2.20 bits per heavy atom. The molecule has 0 bridgehead atoms. The van der Waals surface area contributed by atoms with E-state index in [1.807, 2.05) is 24.5 Å². The van der Waals surface area contributed by atoms with Crippen LogP contribution in [-0.2, 0) is 12.8 Å². The van der Waals surface area contributed by atoms with Gasteiger partial charge in [-0.2, -0.15) is 0 Å². The summed E-state index contributed by atoms with van der Waals surface area (Å²) in [6.07, 6.45) is 3.61. The van der Waals surface area contributed by atoms with E-state index in [-0.39, 0.29) is 6.04 Å². The van der Waals surface area contributed by atoms with Gasteiger partial charge in [-0.3, -0.25) is 0 Å². The molecule has 0 spiro atoms. The van der Waals surface area contributed by atoms with Crippen molar-refractivity contribution in [3.05, 3.63) is 44.9 Å². The van der Waals surface area contributed by atoms with Gasteiger partial charge in [0.25, 0.3) is 0 Å². The molecule has 0 amide bonds. The Kier molecular flexibility index (Phi) is 3.76. The minimum absolute atomic E-state index is 0.176. The topological polar surface area (TPSA) is 34.1 Å². The SMILES string of the molecule is CNC(c1ccc(OC)c(C)c1)c1nc2c(s1)CCC2. The normalized spacial score (nSPS) is 15.2. The predicted molar refractivity (Wildman–Crippen MR) is 82.8 cm³/mol. The lowest BCUT2D eigenvalue weighted by molar-refractivity contribution is 0.411. The van der Waals surface area contributed by atoms with Crippen molar-refractivity contribution in [1.29, 1.82) is 0 Å². The van der Waals surface area contributed by atoms with Gasteiger partial charge in [0, 0.05) is 4.88 Å². The Hall–Kier alpha value is -1.39. The van der Waals surface area contributed by atoms with E-state index in [0.29, 0.717) is 0 Å². The zero-order valence-corrected chi connectivity index (χ0v) is 13.0. The van der Waals surface area contributed by atoms with E-state index in [9.17, 15) is 0 Å². The van der Waals surface area contributed by atoms with Crippen LogP contribution >= 0.6 is 11.3 Å². The first-order valence-corrected chi connectivity index (χ1v) is 7.85. The highest BCUT2D eigenvalue weighted by molar-refractivity contribution is 7.11. The summed E-state index contributed by atoms with van der Waals surface area (Å²) in [5.74, 6) is 0.935. The number of benzene rings is 1. The molecule has 0 saturated heterocycles. The Labute approximate surface area is 124 Å². The van der Waals surface area contributed by atoms with Crippen LogP contribution in [0.3, 0.4) is 0 Å². The van der Waals surface area contributed by atoms with Gasteiger partial charge in [0.15, 0.2) is 0 Å². The number of aryl methyl sites for hydroxylation is 3. The molecule has 106 valence electrons. The smallest absolute Gasteiger partial charge is 0.121 e. The summed E-state index contributed by atoms with van der Waals surface area (Å²) < 4.78 is 5.34. The fraction of sp³-hybridized carbons (Fsp3) is 0.438. The molecule has 3 nitrogen and oxygen atoms in total. The first-order valence-electron chi connectivity index (χ1n) is 7.03. The number of nitrogens with zero attached hydrogens (tertiary/aromatic N) is 1. The van der Waals surface area contributed by atoms with Gasteiger partial charge in [0.1, 0.15) is 10.8 Å². The maximum atomic E-state index is 5.34. The van der Waals surface area contributed by atoms with Gasteiger partial charge in [-0.25, -0.2) is 4.98 Å². The number of hydrogen-bond donors (Lipinski definition) is 1. The molecular formula is C16H20N2OS. The van der Waals surface area contributed by atoms with Crippen LogP contribution in [0.4, 0.5) is 0 Å².